The molecule has 0 aromatic heterocycles. The number of nitrogens with zero attached hydrogens (tertiary/aromatic N) is 1. The molecular formula is C7H5F4NO2. The summed E-state index contributed by atoms with van der Waals surface area (Å²) in [4.78, 5) is 8.60. The minimum Gasteiger partial charge on any atom is -0.261 e. The molecule has 0 amide bonds. The van der Waals surface area contributed by atoms with Gasteiger partial charge in [-0.15, -0.1) is 0 Å². The van der Waals surface area contributed by atoms with E-state index in [2.05, 4.69) is 0 Å². The van der Waals surface area contributed by atoms with E-state index in [0.29, 0.717) is 12.2 Å². The molecule has 2 unspecified atom stereocenters. The zero-order valence-electron chi connectivity index (χ0n) is 6.66. The third-order valence-electron chi connectivity index (χ3n) is 1.81. The number of rotatable bonds is 1. The Labute approximate surface area is 75.9 Å². The number of halogens is 4. The van der Waals surface area contributed by atoms with Gasteiger partial charge >= 0.3 is 12.0 Å². The van der Waals surface area contributed by atoms with Gasteiger partial charge in [0.25, 0.3) is 0 Å². The third-order valence-corrected chi connectivity index (χ3v) is 1.81. The number of nitro groups is 1. The molecule has 0 saturated carbocycles. The summed E-state index contributed by atoms with van der Waals surface area (Å²) in [5.41, 5.74) is 0. The second-order valence-electron chi connectivity index (χ2n) is 2.75. The Hall–Kier alpha value is -1.40. The summed E-state index contributed by atoms with van der Waals surface area (Å²) in [6.07, 6.45) is -2.43. The van der Waals surface area contributed by atoms with Gasteiger partial charge in [-0.3, -0.25) is 10.1 Å². The first-order chi connectivity index (χ1) is 6.28. The highest BCUT2D eigenvalue weighted by molar-refractivity contribution is 5.19. The van der Waals surface area contributed by atoms with Gasteiger partial charge in [0.15, 0.2) is 5.92 Å². The molecule has 0 aliphatic heterocycles. The molecule has 0 saturated heterocycles. The monoisotopic (exact) mass is 211 g/mol. The molecule has 0 aromatic carbocycles. The maximum Gasteiger partial charge on any atom is 0.405 e. The Morgan fingerprint density at radius 3 is 2.29 bits per heavy atom. The van der Waals surface area contributed by atoms with Crippen LogP contribution >= 0.6 is 0 Å². The SMILES string of the molecule is O=[N+]([O-])C1(F)C=CC=CC1C(F)(F)F. The van der Waals surface area contributed by atoms with Crippen LogP contribution < -0.4 is 0 Å². The summed E-state index contributed by atoms with van der Waals surface area (Å²) in [6, 6.07) is 0. The molecule has 78 valence electrons. The Balaban J connectivity index is 3.11. The first-order valence-corrected chi connectivity index (χ1v) is 3.54. The summed E-state index contributed by atoms with van der Waals surface area (Å²) in [5.74, 6) is -6.32. The molecule has 0 bridgehead atoms. The van der Waals surface area contributed by atoms with Gasteiger partial charge < -0.3 is 0 Å². The molecule has 14 heavy (non-hydrogen) atoms. The van der Waals surface area contributed by atoms with Gasteiger partial charge in [0, 0.05) is 6.08 Å². The predicted octanol–water partition coefficient (Wildman–Crippen LogP) is 2.23. The summed E-state index contributed by atoms with van der Waals surface area (Å²) in [7, 11) is 0. The van der Waals surface area contributed by atoms with E-state index in [-0.39, 0.29) is 0 Å². The van der Waals surface area contributed by atoms with Crippen molar-refractivity contribution in [3.63, 3.8) is 0 Å². The molecule has 0 spiro atoms. The lowest BCUT2D eigenvalue weighted by atomic mass is 9.92. The van der Waals surface area contributed by atoms with Crippen molar-refractivity contribution >= 4 is 0 Å². The zero-order valence-corrected chi connectivity index (χ0v) is 6.66. The highest BCUT2D eigenvalue weighted by atomic mass is 19.4. The van der Waals surface area contributed by atoms with Crippen LogP contribution in [-0.2, 0) is 0 Å². The number of alkyl halides is 4. The lowest BCUT2D eigenvalue weighted by molar-refractivity contribution is -0.606. The van der Waals surface area contributed by atoms with Gasteiger partial charge in [-0.25, -0.2) is 0 Å². The molecule has 3 nitrogen and oxygen atoms in total. The van der Waals surface area contributed by atoms with Crippen molar-refractivity contribution in [2.45, 2.75) is 12.0 Å². The largest absolute Gasteiger partial charge is 0.405 e. The molecule has 0 N–H and O–H groups in total. The van der Waals surface area contributed by atoms with E-state index >= 15 is 0 Å². The molecule has 1 rings (SSSR count). The maximum absolute atomic E-state index is 13.3. The van der Waals surface area contributed by atoms with Crippen LogP contribution in [0.15, 0.2) is 24.3 Å². The summed E-state index contributed by atoms with van der Waals surface area (Å²) in [6.45, 7) is 0. The van der Waals surface area contributed by atoms with E-state index in [1.54, 1.807) is 0 Å². The van der Waals surface area contributed by atoms with Crippen molar-refractivity contribution in [1.29, 1.82) is 0 Å². The van der Waals surface area contributed by atoms with Crippen molar-refractivity contribution in [3.8, 4) is 0 Å². The lowest BCUT2D eigenvalue weighted by Gasteiger charge is -2.24. The molecule has 0 radical (unpaired) electrons. The van der Waals surface area contributed by atoms with Crippen LogP contribution in [0.4, 0.5) is 17.6 Å². The molecule has 0 aromatic rings. The third kappa shape index (κ3) is 1.61. The van der Waals surface area contributed by atoms with E-state index in [4.69, 9.17) is 0 Å². The van der Waals surface area contributed by atoms with E-state index in [9.17, 15) is 27.7 Å². The lowest BCUT2D eigenvalue weighted by Crippen LogP contribution is -2.46. The quantitative estimate of drug-likeness (QED) is 0.289. The molecule has 1 aliphatic carbocycles. The Morgan fingerprint density at radius 1 is 1.36 bits per heavy atom. The summed E-state index contributed by atoms with van der Waals surface area (Å²) < 4.78 is 49.8. The van der Waals surface area contributed by atoms with Gasteiger partial charge in [0.1, 0.15) is 0 Å². The first-order valence-electron chi connectivity index (χ1n) is 3.54. The molecule has 7 heteroatoms. The Bertz CT molecular complexity index is 309. The van der Waals surface area contributed by atoms with Crippen molar-refractivity contribution < 1.29 is 22.5 Å². The molecule has 0 fully saturated rings. The number of allylic oxidation sites excluding steroid dienone is 2. The standard InChI is InChI=1S/C7H5F4NO2/c8-6(12(13)14)4-2-1-3-5(6)7(9,10)11/h1-5H. The maximum atomic E-state index is 13.3. The minimum atomic E-state index is -4.97. The summed E-state index contributed by atoms with van der Waals surface area (Å²) in [5, 5.41) is 10.2. The van der Waals surface area contributed by atoms with Gasteiger partial charge in [0.2, 0.25) is 0 Å². The van der Waals surface area contributed by atoms with Crippen LogP contribution in [-0.4, -0.2) is 16.9 Å². The van der Waals surface area contributed by atoms with E-state index in [1.807, 2.05) is 0 Å². The Morgan fingerprint density at radius 2 is 1.93 bits per heavy atom. The van der Waals surface area contributed by atoms with Crippen molar-refractivity contribution in [3.05, 3.63) is 34.4 Å². The normalized spacial score (nSPS) is 31.9. The smallest absolute Gasteiger partial charge is 0.261 e. The fourth-order valence-electron chi connectivity index (χ4n) is 1.12. The average molecular weight is 211 g/mol. The fourth-order valence-corrected chi connectivity index (χ4v) is 1.12. The van der Waals surface area contributed by atoms with Crippen LogP contribution in [0.5, 0.6) is 0 Å². The van der Waals surface area contributed by atoms with Crippen molar-refractivity contribution in [2.75, 3.05) is 0 Å². The van der Waals surface area contributed by atoms with Gasteiger partial charge in [-0.1, -0.05) is 18.2 Å². The van der Waals surface area contributed by atoms with E-state index < -0.39 is 22.8 Å². The fraction of sp³-hybridized carbons (Fsp3) is 0.429. The van der Waals surface area contributed by atoms with Crippen LogP contribution in [0, 0.1) is 16.0 Å². The van der Waals surface area contributed by atoms with Crippen LogP contribution in [0.1, 0.15) is 0 Å². The van der Waals surface area contributed by atoms with Gasteiger partial charge in [0.05, 0.1) is 4.92 Å². The molecule has 2 atom stereocenters. The summed E-state index contributed by atoms with van der Waals surface area (Å²) >= 11 is 0. The second kappa shape index (κ2) is 3.07. The van der Waals surface area contributed by atoms with Crippen LogP contribution in [0.2, 0.25) is 0 Å². The van der Waals surface area contributed by atoms with Crippen LogP contribution in [0.25, 0.3) is 0 Å². The average Bonchev–Trinajstić information content (AvgIpc) is 2.02. The highest BCUT2D eigenvalue weighted by Crippen LogP contribution is 2.40. The van der Waals surface area contributed by atoms with Gasteiger partial charge in [-0.2, -0.15) is 17.6 Å². The highest BCUT2D eigenvalue weighted by Gasteiger charge is 2.61. The Kier molecular flexibility index (Phi) is 2.34. The second-order valence-corrected chi connectivity index (χ2v) is 2.75. The minimum absolute atomic E-state index is 0.297. The molecular weight excluding hydrogens is 206 g/mol. The van der Waals surface area contributed by atoms with E-state index in [1.165, 1.54) is 0 Å². The van der Waals surface area contributed by atoms with E-state index in [0.717, 1.165) is 12.2 Å². The molecule has 0 heterocycles. The van der Waals surface area contributed by atoms with Crippen molar-refractivity contribution in [1.82, 2.24) is 0 Å². The first kappa shape index (κ1) is 10.7. The number of hydrogen-bond acceptors (Lipinski definition) is 2. The van der Waals surface area contributed by atoms with Crippen LogP contribution in [0.3, 0.4) is 0 Å². The number of hydrogen-bond donors (Lipinski definition) is 0. The zero-order chi connectivity index (χ0) is 11.0. The topological polar surface area (TPSA) is 43.1 Å². The van der Waals surface area contributed by atoms with Gasteiger partial charge in [-0.05, 0) is 0 Å². The molecule has 1 aliphatic rings. The predicted molar refractivity (Wildman–Crippen MR) is 38.7 cm³/mol. The van der Waals surface area contributed by atoms with Crippen molar-refractivity contribution in [2.24, 2.45) is 5.92 Å².